The Morgan fingerprint density at radius 1 is 1.33 bits per heavy atom. The molecular formula is C12H24N2O. The number of nitrogens with two attached hydrogens (primary N) is 1. The first kappa shape index (κ1) is 12.5. The lowest BCUT2D eigenvalue weighted by Gasteiger charge is -2.03. The molecule has 0 spiro atoms. The minimum absolute atomic E-state index is 0.240. The average Bonchev–Trinajstić information content (AvgIpc) is 2.96. The van der Waals surface area contributed by atoms with Crippen LogP contribution in [0, 0.1) is 5.92 Å². The van der Waals surface area contributed by atoms with E-state index in [1.165, 1.54) is 12.8 Å². The van der Waals surface area contributed by atoms with Crippen molar-refractivity contribution in [3.05, 3.63) is 0 Å². The van der Waals surface area contributed by atoms with Gasteiger partial charge in [-0.3, -0.25) is 4.79 Å². The molecule has 0 aliphatic heterocycles. The third-order valence-electron chi connectivity index (χ3n) is 3.15. The highest BCUT2D eigenvalue weighted by molar-refractivity contribution is 5.76. The molecule has 2 unspecified atom stereocenters. The standard InChI is InChI=1S/C12H24N2O/c1-2-10-9-11(10)14-12(15)7-5-3-4-6-8-13/h10-11H,2-9,13H2,1H3,(H,14,15). The van der Waals surface area contributed by atoms with Gasteiger partial charge in [-0.05, 0) is 31.7 Å². The highest BCUT2D eigenvalue weighted by Gasteiger charge is 2.36. The van der Waals surface area contributed by atoms with Crippen LogP contribution in [0.1, 0.15) is 51.9 Å². The van der Waals surface area contributed by atoms with E-state index in [9.17, 15) is 4.79 Å². The summed E-state index contributed by atoms with van der Waals surface area (Å²) < 4.78 is 0. The summed E-state index contributed by atoms with van der Waals surface area (Å²) >= 11 is 0. The van der Waals surface area contributed by atoms with Gasteiger partial charge in [-0.1, -0.05) is 26.2 Å². The molecule has 0 bridgehead atoms. The monoisotopic (exact) mass is 212 g/mol. The number of hydrogen-bond donors (Lipinski definition) is 2. The highest BCUT2D eigenvalue weighted by atomic mass is 16.1. The van der Waals surface area contributed by atoms with Crippen molar-refractivity contribution in [1.29, 1.82) is 0 Å². The molecule has 0 aromatic heterocycles. The lowest BCUT2D eigenvalue weighted by Crippen LogP contribution is -2.26. The number of amides is 1. The third-order valence-corrected chi connectivity index (χ3v) is 3.15. The zero-order chi connectivity index (χ0) is 11.1. The summed E-state index contributed by atoms with van der Waals surface area (Å²) in [6, 6.07) is 0.492. The minimum Gasteiger partial charge on any atom is -0.353 e. The van der Waals surface area contributed by atoms with Crippen LogP contribution in [-0.2, 0) is 4.79 Å². The Labute approximate surface area is 92.8 Å². The van der Waals surface area contributed by atoms with Crippen molar-refractivity contribution in [2.24, 2.45) is 11.7 Å². The first-order valence-corrected chi connectivity index (χ1v) is 6.27. The first-order valence-electron chi connectivity index (χ1n) is 6.27. The van der Waals surface area contributed by atoms with Crippen molar-refractivity contribution in [3.8, 4) is 0 Å². The molecule has 3 N–H and O–H groups in total. The molecule has 88 valence electrons. The molecule has 3 heteroatoms. The summed E-state index contributed by atoms with van der Waals surface area (Å²) in [5, 5.41) is 3.08. The molecule has 1 aliphatic rings. The first-order chi connectivity index (χ1) is 7.27. The molecule has 15 heavy (non-hydrogen) atoms. The lowest BCUT2D eigenvalue weighted by molar-refractivity contribution is -0.121. The maximum Gasteiger partial charge on any atom is 0.220 e. The van der Waals surface area contributed by atoms with Gasteiger partial charge in [0.05, 0.1) is 0 Å². The number of nitrogens with one attached hydrogen (secondary N) is 1. The Bertz CT molecular complexity index is 194. The number of carbonyl (C=O) groups is 1. The fraction of sp³-hybridized carbons (Fsp3) is 0.917. The largest absolute Gasteiger partial charge is 0.353 e. The quantitative estimate of drug-likeness (QED) is 0.603. The van der Waals surface area contributed by atoms with Gasteiger partial charge in [-0.15, -0.1) is 0 Å². The highest BCUT2D eigenvalue weighted by Crippen LogP contribution is 2.33. The van der Waals surface area contributed by atoms with E-state index in [0.29, 0.717) is 12.5 Å². The SMILES string of the molecule is CCC1CC1NC(=O)CCCCCCN. The molecule has 0 saturated heterocycles. The van der Waals surface area contributed by atoms with Crippen LogP contribution in [0.15, 0.2) is 0 Å². The van der Waals surface area contributed by atoms with Crippen LogP contribution in [-0.4, -0.2) is 18.5 Å². The van der Waals surface area contributed by atoms with Crippen LogP contribution >= 0.6 is 0 Å². The number of hydrogen-bond acceptors (Lipinski definition) is 2. The van der Waals surface area contributed by atoms with Crippen molar-refractivity contribution < 1.29 is 4.79 Å². The van der Waals surface area contributed by atoms with Gasteiger partial charge in [0, 0.05) is 12.5 Å². The van der Waals surface area contributed by atoms with Crippen LogP contribution in [0.2, 0.25) is 0 Å². The zero-order valence-electron chi connectivity index (χ0n) is 9.80. The van der Waals surface area contributed by atoms with Gasteiger partial charge >= 0.3 is 0 Å². The third kappa shape index (κ3) is 5.17. The van der Waals surface area contributed by atoms with E-state index in [1.807, 2.05) is 0 Å². The predicted molar refractivity (Wildman–Crippen MR) is 62.5 cm³/mol. The van der Waals surface area contributed by atoms with Crippen molar-refractivity contribution in [3.63, 3.8) is 0 Å². The fourth-order valence-corrected chi connectivity index (χ4v) is 1.94. The van der Waals surface area contributed by atoms with E-state index in [4.69, 9.17) is 5.73 Å². The van der Waals surface area contributed by atoms with E-state index in [-0.39, 0.29) is 5.91 Å². The van der Waals surface area contributed by atoms with E-state index in [0.717, 1.165) is 38.1 Å². The Morgan fingerprint density at radius 2 is 2.07 bits per heavy atom. The van der Waals surface area contributed by atoms with E-state index >= 15 is 0 Å². The molecule has 3 nitrogen and oxygen atoms in total. The molecule has 0 heterocycles. The molecule has 0 aromatic rings. The molecule has 1 fully saturated rings. The molecule has 1 saturated carbocycles. The maximum absolute atomic E-state index is 11.5. The van der Waals surface area contributed by atoms with E-state index in [1.54, 1.807) is 0 Å². The van der Waals surface area contributed by atoms with Gasteiger partial charge in [0.25, 0.3) is 0 Å². The van der Waals surface area contributed by atoms with Crippen molar-refractivity contribution >= 4 is 5.91 Å². The average molecular weight is 212 g/mol. The summed E-state index contributed by atoms with van der Waals surface area (Å²) in [6.45, 7) is 2.95. The van der Waals surface area contributed by atoms with Crippen LogP contribution in [0.25, 0.3) is 0 Å². The molecule has 1 rings (SSSR count). The molecule has 1 aliphatic carbocycles. The molecule has 2 atom stereocenters. The summed E-state index contributed by atoms with van der Waals surface area (Å²) in [5.41, 5.74) is 5.40. The Kier molecular flexibility index (Phi) is 5.69. The zero-order valence-corrected chi connectivity index (χ0v) is 9.80. The lowest BCUT2D eigenvalue weighted by atomic mass is 10.1. The van der Waals surface area contributed by atoms with E-state index < -0.39 is 0 Å². The smallest absolute Gasteiger partial charge is 0.220 e. The molecular weight excluding hydrogens is 188 g/mol. The maximum atomic E-state index is 11.5. The topological polar surface area (TPSA) is 55.1 Å². The van der Waals surface area contributed by atoms with Crippen LogP contribution in [0.4, 0.5) is 0 Å². The van der Waals surface area contributed by atoms with Crippen LogP contribution < -0.4 is 11.1 Å². The van der Waals surface area contributed by atoms with Gasteiger partial charge < -0.3 is 11.1 Å². The second kappa shape index (κ2) is 6.83. The Morgan fingerprint density at radius 3 is 2.67 bits per heavy atom. The molecule has 1 amide bonds. The molecule has 0 aromatic carbocycles. The van der Waals surface area contributed by atoms with Gasteiger partial charge in [0.1, 0.15) is 0 Å². The van der Waals surface area contributed by atoms with Crippen LogP contribution in [0.5, 0.6) is 0 Å². The summed E-state index contributed by atoms with van der Waals surface area (Å²) in [6.07, 6.45) is 7.46. The fourth-order valence-electron chi connectivity index (χ4n) is 1.94. The van der Waals surface area contributed by atoms with Crippen molar-refractivity contribution in [2.75, 3.05) is 6.54 Å². The number of carbonyl (C=O) groups excluding carboxylic acids is 1. The van der Waals surface area contributed by atoms with Crippen molar-refractivity contribution in [1.82, 2.24) is 5.32 Å². The number of unbranched alkanes of at least 4 members (excludes halogenated alkanes) is 3. The summed E-state index contributed by atoms with van der Waals surface area (Å²) in [5.74, 6) is 0.995. The van der Waals surface area contributed by atoms with Gasteiger partial charge in [0.15, 0.2) is 0 Å². The normalized spacial score (nSPS) is 23.9. The van der Waals surface area contributed by atoms with Crippen LogP contribution in [0.3, 0.4) is 0 Å². The summed E-state index contributed by atoms with van der Waals surface area (Å²) in [7, 11) is 0. The number of rotatable bonds is 8. The van der Waals surface area contributed by atoms with E-state index in [2.05, 4.69) is 12.2 Å². The van der Waals surface area contributed by atoms with Gasteiger partial charge in [-0.25, -0.2) is 0 Å². The van der Waals surface area contributed by atoms with Crippen molar-refractivity contribution in [2.45, 2.75) is 57.9 Å². The second-order valence-electron chi connectivity index (χ2n) is 4.53. The second-order valence-corrected chi connectivity index (χ2v) is 4.53. The Balaban J connectivity index is 1.91. The minimum atomic E-state index is 0.240. The van der Waals surface area contributed by atoms with Gasteiger partial charge in [0.2, 0.25) is 5.91 Å². The Hall–Kier alpha value is -0.570. The summed E-state index contributed by atoms with van der Waals surface area (Å²) in [4.78, 5) is 11.5. The predicted octanol–water partition coefficient (Wildman–Crippen LogP) is 1.81. The van der Waals surface area contributed by atoms with Gasteiger partial charge in [-0.2, -0.15) is 0 Å². The molecule has 0 radical (unpaired) electrons.